The third-order valence-electron chi connectivity index (χ3n) is 3.47. The summed E-state index contributed by atoms with van der Waals surface area (Å²) in [5.74, 6) is 0.388. The molecule has 16 heavy (non-hydrogen) atoms. The molecular weight excluding hydrogens is 224 g/mol. The van der Waals surface area contributed by atoms with E-state index in [9.17, 15) is 4.79 Å². The van der Waals surface area contributed by atoms with Crippen LogP contribution in [-0.2, 0) is 4.79 Å². The summed E-state index contributed by atoms with van der Waals surface area (Å²) in [6.07, 6.45) is 2.98. The average Bonchev–Trinajstić information content (AvgIpc) is 2.64. The Morgan fingerprint density at radius 1 is 1.44 bits per heavy atom. The van der Waals surface area contributed by atoms with E-state index in [1.807, 2.05) is 0 Å². The van der Waals surface area contributed by atoms with Crippen LogP contribution >= 0.6 is 12.4 Å². The molecule has 1 fully saturated rings. The molecule has 1 rings (SSSR count). The van der Waals surface area contributed by atoms with Gasteiger partial charge in [-0.15, -0.1) is 12.4 Å². The van der Waals surface area contributed by atoms with Gasteiger partial charge in [-0.3, -0.25) is 4.79 Å². The van der Waals surface area contributed by atoms with Crippen LogP contribution in [0.2, 0.25) is 0 Å². The predicted molar refractivity (Wildman–Crippen MR) is 69.9 cm³/mol. The van der Waals surface area contributed by atoms with Gasteiger partial charge in [0.25, 0.3) is 0 Å². The van der Waals surface area contributed by atoms with Gasteiger partial charge in [-0.25, -0.2) is 0 Å². The SMILES string of the molecule is CCC1NCCC1C(=O)NC(C)(C)CC.Cl. The maximum Gasteiger partial charge on any atom is 0.225 e. The van der Waals surface area contributed by atoms with Gasteiger partial charge in [0.05, 0.1) is 5.92 Å². The van der Waals surface area contributed by atoms with E-state index in [4.69, 9.17) is 0 Å². The first-order chi connectivity index (χ1) is 7.00. The van der Waals surface area contributed by atoms with Crippen LogP contribution in [-0.4, -0.2) is 24.0 Å². The molecule has 2 N–H and O–H groups in total. The van der Waals surface area contributed by atoms with E-state index < -0.39 is 0 Å². The molecule has 2 unspecified atom stereocenters. The average molecular weight is 249 g/mol. The first-order valence-corrected chi connectivity index (χ1v) is 6.05. The summed E-state index contributed by atoms with van der Waals surface area (Å²) in [7, 11) is 0. The molecule has 4 heteroatoms. The van der Waals surface area contributed by atoms with Crippen molar-refractivity contribution in [1.29, 1.82) is 0 Å². The first kappa shape index (κ1) is 15.7. The molecule has 96 valence electrons. The van der Waals surface area contributed by atoms with Crippen LogP contribution in [0.3, 0.4) is 0 Å². The summed E-state index contributed by atoms with van der Waals surface area (Å²) < 4.78 is 0. The van der Waals surface area contributed by atoms with Crippen LogP contribution in [0.25, 0.3) is 0 Å². The molecule has 0 bridgehead atoms. The molecule has 0 saturated carbocycles. The largest absolute Gasteiger partial charge is 0.351 e. The Morgan fingerprint density at radius 2 is 2.06 bits per heavy atom. The molecule has 0 radical (unpaired) electrons. The number of carbonyl (C=O) groups is 1. The first-order valence-electron chi connectivity index (χ1n) is 6.05. The van der Waals surface area contributed by atoms with Crippen molar-refractivity contribution in [2.45, 2.75) is 58.5 Å². The molecule has 1 aliphatic rings. The van der Waals surface area contributed by atoms with Crippen LogP contribution < -0.4 is 10.6 Å². The minimum absolute atomic E-state index is 0. The molecule has 0 spiro atoms. The molecule has 2 atom stereocenters. The summed E-state index contributed by atoms with van der Waals surface area (Å²) in [6.45, 7) is 9.37. The molecule has 0 aliphatic carbocycles. The van der Waals surface area contributed by atoms with Crippen LogP contribution in [0.1, 0.15) is 47.0 Å². The maximum atomic E-state index is 12.0. The highest BCUT2D eigenvalue weighted by Gasteiger charge is 2.33. The Balaban J connectivity index is 0.00000225. The van der Waals surface area contributed by atoms with Gasteiger partial charge in [-0.05, 0) is 39.7 Å². The highest BCUT2D eigenvalue weighted by atomic mass is 35.5. The molecule has 3 nitrogen and oxygen atoms in total. The van der Waals surface area contributed by atoms with Gasteiger partial charge < -0.3 is 10.6 Å². The van der Waals surface area contributed by atoms with Crippen molar-refractivity contribution in [3.63, 3.8) is 0 Å². The summed E-state index contributed by atoms with van der Waals surface area (Å²) >= 11 is 0. The molecule has 1 heterocycles. The number of amides is 1. The lowest BCUT2D eigenvalue weighted by molar-refractivity contribution is -0.126. The van der Waals surface area contributed by atoms with Gasteiger partial charge in [-0.1, -0.05) is 13.8 Å². The van der Waals surface area contributed by atoms with Crippen LogP contribution in [0.4, 0.5) is 0 Å². The zero-order valence-electron chi connectivity index (χ0n) is 10.8. The lowest BCUT2D eigenvalue weighted by atomic mass is 9.95. The Labute approximate surface area is 105 Å². The van der Waals surface area contributed by atoms with Crippen molar-refractivity contribution in [2.75, 3.05) is 6.54 Å². The smallest absolute Gasteiger partial charge is 0.225 e. The Morgan fingerprint density at radius 3 is 2.56 bits per heavy atom. The number of hydrogen-bond donors (Lipinski definition) is 2. The highest BCUT2D eigenvalue weighted by Crippen LogP contribution is 2.20. The summed E-state index contributed by atoms with van der Waals surface area (Å²) in [5, 5.41) is 6.51. The zero-order valence-corrected chi connectivity index (χ0v) is 11.6. The number of carbonyl (C=O) groups excluding carboxylic acids is 1. The van der Waals surface area contributed by atoms with Gasteiger partial charge in [-0.2, -0.15) is 0 Å². The van der Waals surface area contributed by atoms with Gasteiger partial charge in [0.1, 0.15) is 0 Å². The molecular formula is C12H25ClN2O. The van der Waals surface area contributed by atoms with E-state index in [1.165, 1.54) is 0 Å². The Hall–Kier alpha value is -0.280. The van der Waals surface area contributed by atoms with Crippen LogP contribution in [0, 0.1) is 5.92 Å². The minimum atomic E-state index is -0.0715. The third-order valence-corrected chi connectivity index (χ3v) is 3.47. The maximum absolute atomic E-state index is 12.0. The van der Waals surface area contributed by atoms with E-state index in [2.05, 4.69) is 38.3 Å². The van der Waals surface area contributed by atoms with Crippen molar-refractivity contribution < 1.29 is 4.79 Å². The monoisotopic (exact) mass is 248 g/mol. The summed E-state index contributed by atoms with van der Waals surface area (Å²) in [4.78, 5) is 12.0. The lowest BCUT2D eigenvalue weighted by Crippen LogP contribution is -2.48. The van der Waals surface area contributed by atoms with Crippen LogP contribution in [0.15, 0.2) is 0 Å². The number of halogens is 1. The van der Waals surface area contributed by atoms with E-state index >= 15 is 0 Å². The second-order valence-electron chi connectivity index (χ2n) is 5.09. The molecule has 0 aromatic carbocycles. The molecule has 1 aliphatic heterocycles. The van der Waals surface area contributed by atoms with E-state index in [0.717, 1.165) is 25.8 Å². The second kappa shape index (κ2) is 6.45. The number of nitrogens with one attached hydrogen (secondary N) is 2. The number of rotatable bonds is 4. The zero-order chi connectivity index (χ0) is 11.5. The summed E-state index contributed by atoms with van der Waals surface area (Å²) in [6, 6.07) is 0.373. The van der Waals surface area contributed by atoms with Gasteiger partial charge in [0.2, 0.25) is 5.91 Å². The fourth-order valence-electron chi connectivity index (χ4n) is 2.02. The normalized spacial score (nSPS) is 25.0. The third kappa shape index (κ3) is 3.95. The minimum Gasteiger partial charge on any atom is -0.351 e. The van der Waals surface area contributed by atoms with E-state index in [1.54, 1.807) is 0 Å². The van der Waals surface area contributed by atoms with Crippen molar-refractivity contribution in [2.24, 2.45) is 5.92 Å². The fraction of sp³-hybridized carbons (Fsp3) is 0.917. The van der Waals surface area contributed by atoms with Crippen molar-refractivity contribution in [3.05, 3.63) is 0 Å². The van der Waals surface area contributed by atoms with Crippen LogP contribution in [0.5, 0.6) is 0 Å². The summed E-state index contributed by atoms with van der Waals surface area (Å²) in [5.41, 5.74) is -0.0715. The lowest BCUT2D eigenvalue weighted by Gasteiger charge is -2.28. The molecule has 0 aromatic rings. The van der Waals surface area contributed by atoms with Crippen molar-refractivity contribution in [3.8, 4) is 0 Å². The van der Waals surface area contributed by atoms with Crippen molar-refractivity contribution >= 4 is 18.3 Å². The quantitative estimate of drug-likeness (QED) is 0.800. The Kier molecular flexibility index (Phi) is 6.34. The van der Waals surface area contributed by atoms with Gasteiger partial charge >= 0.3 is 0 Å². The predicted octanol–water partition coefficient (Wildman–Crippen LogP) is 2.10. The number of hydrogen-bond acceptors (Lipinski definition) is 2. The van der Waals surface area contributed by atoms with Gasteiger partial charge in [0.15, 0.2) is 0 Å². The topological polar surface area (TPSA) is 41.1 Å². The molecule has 1 amide bonds. The van der Waals surface area contributed by atoms with E-state index in [-0.39, 0.29) is 29.8 Å². The van der Waals surface area contributed by atoms with Crippen molar-refractivity contribution in [1.82, 2.24) is 10.6 Å². The fourth-order valence-corrected chi connectivity index (χ4v) is 2.02. The highest BCUT2D eigenvalue weighted by molar-refractivity contribution is 5.85. The Bertz CT molecular complexity index is 231. The van der Waals surface area contributed by atoms with Gasteiger partial charge in [0, 0.05) is 11.6 Å². The second-order valence-corrected chi connectivity index (χ2v) is 5.09. The molecule has 0 aromatic heterocycles. The molecule has 1 saturated heterocycles. The van der Waals surface area contributed by atoms with E-state index in [0.29, 0.717) is 6.04 Å². The standard InChI is InChI=1S/C12H24N2O.ClH/c1-5-10-9(7-8-13-10)11(15)14-12(3,4)6-2;/h9-10,13H,5-8H2,1-4H3,(H,14,15);1H.